The molecule has 0 saturated heterocycles. The average molecular weight is 230 g/mol. The molecule has 1 atom stereocenters. The molecule has 15 heavy (non-hydrogen) atoms. The molecule has 0 bridgehead atoms. The molecule has 0 aliphatic rings. The quantitative estimate of drug-likeness (QED) is 0.735. The van der Waals surface area contributed by atoms with Gasteiger partial charge in [0.05, 0.1) is 13.2 Å². The van der Waals surface area contributed by atoms with Gasteiger partial charge < -0.3 is 15.0 Å². The van der Waals surface area contributed by atoms with Crippen molar-refractivity contribution in [2.45, 2.75) is 37.3 Å². The Kier molecular flexibility index (Phi) is 5.07. The van der Waals surface area contributed by atoms with Gasteiger partial charge in [0.2, 0.25) is 0 Å². The Hall–Kier alpha value is -0.590. The summed E-state index contributed by atoms with van der Waals surface area (Å²) in [6.07, 6.45) is 0. The summed E-state index contributed by atoms with van der Waals surface area (Å²) in [5, 5.41) is 9.45. The number of hydrogen-bond donors (Lipinski definition) is 1. The minimum Gasteiger partial charge on any atom is -0.384 e. The molecule has 0 aliphatic heterocycles. The van der Waals surface area contributed by atoms with Crippen molar-refractivity contribution in [3.8, 4) is 0 Å². The second kappa shape index (κ2) is 6.09. The molecule has 6 heteroatoms. The van der Waals surface area contributed by atoms with Crippen LogP contribution in [0.3, 0.4) is 0 Å². The lowest BCUT2D eigenvalue weighted by atomic mass is 10.5. The van der Waals surface area contributed by atoms with Crippen molar-refractivity contribution in [2.75, 3.05) is 13.7 Å². The van der Waals surface area contributed by atoms with E-state index in [-0.39, 0.29) is 0 Å². The first kappa shape index (κ1) is 12.5. The van der Waals surface area contributed by atoms with Crippen molar-refractivity contribution in [1.82, 2.24) is 14.8 Å². The highest BCUT2D eigenvalue weighted by Gasteiger charge is 2.13. The van der Waals surface area contributed by atoms with Gasteiger partial charge in [0, 0.05) is 18.9 Å². The maximum absolute atomic E-state index is 5.57. The van der Waals surface area contributed by atoms with Crippen molar-refractivity contribution in [3.05, 3.63) is 5.82 Å². The topological polar surface area (TPSA) is 66.0 Å². The van der Waals surface area contributed by atoms with Crippen molar-refractivity contribution < 1.29 is 4.74 Å². The molecule has 0 radical (unpaired) electrons. The summed E-state index contributed by atoms with van der Waals surface area (Å²) >= 11 is 1.66. The minimum absolute atomic E-state index is 0.370. The van der Waals surface area contributed by atoms with Crippen LogP contribution in [-0.4, -0.2) is 33.7 Å². The summed E-state index contributed by atoms with van der Waals surface area (Å²) in [6, 6.07) is 0. The minimum atomic E-state index is 0.370. The standard InChI is InChI=1S/C9H18N4OS/c1-4-13-8(5-10)11-12-9(13)15-7(2)6-14-3/h7H,4-6,10H2,1-3H3. The predicted molar refractivity (Wildman–Crippen MR) is 60.8 cm³/mol. The first-order valence-corrected chi connectivity index (χ1v) is 5.88. The van der Waals surface area contributed by atoms with Crippen LogP contribution < -0.4 is 5.73 Å². The third-order valence-electron chi connectivity index (χ3n) is 2.00. The molecule has 86 valence electrons. The number of rotatable bonds is 6. The molecule has 0 aliphatic carbocycles. The normalized spacial score (nSPS) is 13.1. The smallest absolute Gasteiger partial charge is 0.191 e. The van der Waals surface area contributed by atoms with E-state index in [9.17, 15) is 0 Å². The molecule has 0 fully saturated rings. The van der Waals surface area contributed by atoms with Gasteiger partial charge in [-0.15, -0.1) is 10.2 Å². The van der Waals surface area contributed by atoms with Gasteiger partial charge in [0.15, 0.2) is 5.16 Å². The van der Waals surface area contributed by atoms with E-state index in [1.807, 2.05) is 4.57 Å². The molecule has 0 aromatic carbocycles. The molecular formula is C9H18N4OS. The van der Waals surface area contributed by atoms with Gasteiger partial charge in [-0.2, -0.15) is 0 Å². The SMILES string of the molecule is CCn1c(CN)nnc1SC(C)COC. The predicted octanol–water partition coefficient (Wildman–Crippen LogP) is 0.884. The molecule has 1 heterocycles. The Balaban J connectivity index is 2.71. The first-order chi connectivity index (χ1) is 7.22. The molecule has 1 unspecified atom stereocenters. The highest BCUT2D eigenvalue weighted by atomic mass is 32.2. The maximum atomic E-state index is 5.57. The number of nitrogens with two attached hydrogens (primary N) is 1. The van der Waals surface area contributed by atoms with Gasteiger partial charge in [-0.25, -0.2) is 0 Å². The molecule has 0 amide bonds. The number of thioether (sulfide) groups is 1. The number of ether oxygens (including phenoxy) is 1. The fourth-order valence-corrected chi connectivity index (χ4v) is 2.34. The Labute approximate surface area is 94.4 Å². The van der Waals surface area contributed by atoms with Gasteiger partial charge in [-0.1, -0.05) is 18.7 Å². The lowest BCUT2D eigenvalue weighted by molar-refractivity contribution is 0.203. The van der Waals surface area contributed by atoms with Crippen molar-refractivity contribution >= 4 is 11.8 Å². The lowest BCUT2D eigenvalue weighted by Gasteiger charge is -2.10. The summed E-state index contributed by atoms with van der Waals surface area (Å²) in [4.78, 5) is 0. The molecule has 1 rings (SSSR count). The third kappa shape index (κ3) is 3.19. The fraction of sp³-hybridized carbons (Fsp3) is 0.778. The van der Waals surface area contributed by atoms with E-state index in [1.54, 1.807) is 18.9 Å². The molecule has 1 aromatic rings. The van der Waals surface area contributed by atoms with Crippen LogP contribution in [0.4, 0.5) is 0 Å². The van der Waals surface area contributed by atoms with Gasteiger partial charge in [-0.3, -0.25) is 0 Å². The summed E-state index contributed by atoms with van der Waals surface area (Å²) in [7, 11) is 1.70. The highest BCUT2D eigenvalue weighted by molar-refractivity contribution is 7.99. The highest BCUT2D eigenvalue weighted by Crippen LogP contribution is 2.22. The van der Waals surface area contributed by atoms with Crippen LogP contribution >= 0.6 is 11.8 Å². The van der Waals surface area contributed by atoms with Crippen LogP contribution in [-0.2, 0) is 17.8 Å². The molecule has 0 spiro atoms. The van der Waals surface area contributed by atoms with Crippen LogP contribution in [0.25, 0.3) is 0 Å². The second-order valence-corrected chi connectivity index (χ2v) is 4.64. The van der Waals surface area contributed by atoms with Crippen LogP contribution in [0.2, 0.25) is 0 Å². The Morgan fingerprint density at radius 2 is 2.27 bits per heavy atom. The third-order valence-corrected chi connectivity index (χ3v) is 3.05. The van der Waals surface area contributed by atoms with Crippen molar-refractivity contribution in [2.24, 2.45) is 5.73 Å². The summed E-state index contributed by atoms with van der Waals surface area (Å²) in [6.45, 7) is 6.15. The zero-order valence-electron chi connectivity index (χ0n) is 9.43. The van der Waals surface area contributed by atoms with Gasteiger partial charge in [0.1, 0.15) is 5.82 Å². The summed E-state index contributed by atoms with van der Waals surface area (Å²) in [5.41, 5.74) is 5.57. The molecular weight excluding hydrogens is 212 g/mol. The van der Waals surface area contributed by atoms with E-state index in [2.05, 4.69) is 24.0 Å². The zero-order valence-corrected chi connectivity index (χ0v) is 10.3. The average Bonchev–Trinajstić information content (AvgIpc) is 2.60. The van der Waals surface area contributed by atoms with Crippen molar-refractivity contribution in [1.29, 1.82) is 0 Å². The molecule has 2 N–H and O–H groups in total. The van der Waals surface area contributed by atoms with Gasteiger partial charge >= 0.3 is 0 Å². The van der Waals surface area contributed by atoms with Crippen LogP contribution in [0, 0.1) is 0 Å². The Bertz CT molecular complexity index is 302. The number of aromatic nitrogens is 3. The lowest BCUT2D eigenvalue weighted by Crippen LogP contribution is -2.10. The fourth-order valence-electron chi connectivity index (χ4n) is 1.32. The van der Waals surface area contributed by atoms with Crippen molar-refractivity contribution in [3.63, 3.8) is 0 Å². The van der Waals surface area contributed by atoms with E-state index in [0.29, 0.717) is 18.4 Å². The summed E-state index contributed by atoms with van der Waals surface area (Å²) < 4.78 is 7.12. The van der Waals surface area contributed by atoms with Gasteiger partial charge in [-0.05, 0) is 6.92 Å². The number of hydrogen-bond acceptors (Lipinski definition) is 5. The largest absolute Gasteiger partial charge is 0.384 e. The van der Waals surface area contributed by atoms with E-state index in [1.165, 1.54) is 0 Å². The van der Waals surface area contributed by atoms with E-state index >= 15 is 0 Å². The number of methoxy groups -OCH3 is 1. The molecule has 0 saturated carbocycles. The van der Waals surface area contributed by atoms with Gasteiger partial charge in [0.25, 0.3) is 0 Å². The van der Waals surface area contributed by atoms with Crippen LogP contribution in [0.1, 0.15) is 19.7 Å². The van der Waals surface area contributed by atoms with E-state index < -0.39 is 0 Å². The van der Waals surface area contributed by atoms with Crippen LogP contribution in [0.15, 0.2) is 5.16 Å². The second-order valence-electron chi connectivity index (χ2n) is 3.23. The zero-order chi connectivity index (χ0) is 11.3. The monoisotopic (exact) mass is 230 g/mol. The van der Waals surface area contributed by atoms with E-state index in [4.69, 9.17) is 10.5 Å². The van der Waals surface area contributed by atoms with Crippen LogP contribution in [0.5, 0.6) is 0 Å². The van der Waals surface area contributed by atoms with E-state index in [0.717, 1.165) is 17.5 Å². The number of nitrogens with zero attached hydrogens (tertiary/aromatic N) is 3. The Morgan fingerprint density at radius 3 is 2.80 bits per heavy atom. The summed E-state index contributed by atoms with van der Waals surface area (Å²) in [5.74, 6) is 0.838. The molecule has 1 aromatic heterocycles. The maximum Gasteiger partial charge on any atom is 0.191 e. The molecule has 5 nitrogen and oxygen atoms in total. The first-order valence-electron chi connectivity index (χ1n) is 5.00. The Morgan fingerprint density at radius 1 is 1.53 bits per heavy atom.